The molecule has 1 atom stereocenters. The normalized spacial score (nSPS) is 12.6. The van der Waals surface area contributed by atoms with Crippen LogP contribution in [0.1, 0.15) is 25.8 Å². The van der Waals surface area contributed by atoms with Gasteiger partial charge in [-0.1, -0.05) is 13.8 Å². The van der Waals surface area contributed by atoms with Crippen molar-refractivity contribution in [3.05, 3.63) is 33.8 Å². The Balaban J connectivity index is 2.97. The van der Waals surface area contributed by atoms with E-state index >= 15 is 0 Å². The average Bonchev–Trinajstić information content (AvgIpc) is 2.28. The van der Waals surface area contributed by atoms with Crippen molar-refractivity contribution in [1.82, 2.24) is 0 Å². The molecule has 0 saturated carbocycles. The van der Waals surface area contributed by atoms with Crippen molar-refractivity contribution >= 4 is 21.7 Å². The maximum Gasteiger partial charge on any atom is 0.143 e. The van der Waals surface area contributed by atoms with Crippen LogP contribution in [0.25, 0.3) is 0 Å². The van der Waals surface area contributed by atoms with Gasteiger partial charge in [-0.05, 0) is 34.5 Å². The molecular formula is C12H13BrF2O. The van der Waals surface area contributed by atoms with Crippen LogP contribution in [-0.4, -0.2) is 5.78 Å². The number of hydrogen-bond acceptors (Lipinski definition) is 1. The molecule has 1 unspecified atom stereocenters. The van der Waals surface area contributed by atoms with E-state index in [0.717, 1.165) is 0 Å². The molecule has 0 heterocycles. The van der Waals surface area contributed by atoms with Gasteiger partial charge in [0.25, 0.3) is 0 Å². The molecule has 0 N–H and O–H groups in total. The SMILES string of the molecule is CCC(=O)C(C)Cc1c(F)ccc(Br)c1F. The summed E-state index contributed by atoms with van der Waals surface area (Å²) in [7, 11) is 0. The molecule has 0 bridgehead atoms. The first-order valence-electron chi connectivity index (χ1n) is 5.12. The Bertz CT molecular complexity index is 404. The molecule has 0 aliphatic carbocycles. The molecule has 4 heteroatoms. The number of Topliss-reactive ketones (excluding diaryl/α,β-unsaturated/α-hetero) is 1. The van der Waals surface area contributed by atoms with E-state index in [9.17, 15) is 13.6 Å². The van der Waals surface area contributed by atoms with Gasteiger partial charge in [0, 0.05) is 17.9 Å². The first-order valence-corrected chi connectivity index (χ1v) is 5.91. The van der Waals surface area contributed by atoms with Gasteiger partial charge in [-0.3, -0.25) is 4.79 Å². The van der Waals surface area contributed by atoms with Gasteiger partial charge in [0.05, 0.1) is 4.47 Å². The highest BCUT2D eigenvalue weighted by atomic mass is 79.9. The van der Waals surface area contributed by atoms with Crippen LogP contribution < -0.4 is 0 Å². The van der Waals surface area contributed by atoms with Gasteiger partial charge in [0.15, 0.2) is 0 Å². The lowest BCUT2D eigenvalue weighted by atomic mass is 9.95. The molecule has 1 aromatic rings. The summed E-state index contributed by atoms with van der Waals surface area (Å²) in [6.07, 6.45) is 0.488. The molecule has 16 heavy (non-hydrogen) atoms. The van der Waals surface area contributed by atoms with E-state index in [0.29, 0.717) is 6.42 Å². The molecule has 0 aromatic heterocycles. The maximum absolute atomic E-state index is 13.6. The summed E-state index contributed by atoms with van der Waals surface area (Å²) >= 11 is 3.00. The van der Waals surface area contributed by atoms with Crippen molar-refractivity contribution in [3.8, 4) is 0 Å². The minimum atomic E-state index is -0.615. The number of rotatable bonds is 4. The minimum Gasteiger partial charge on any atom is -0.299 e. The van der Waals surface area contributed by atoms with Crippen LogP contribution in [0.2, 0.25) is 0 Å². The van der Waals surface area contributed by atoms with Gasteiger partial charge in [-0.25, -0.2) is 8.78 Å². The summed E-state index contributed by atoms with van der Waals surface area (Å²) < 4.78 is 27.2. The van der Waals surface area contributed by atoms with Crippen molar-refractivity contribution in [1.29, 1.82) is 0 Å². The van der Waals surface area contributed by atoms with Crippen molar-refractivity contribution in [2.75, 3.05) is 0 Å². The lowest BCUT2D eigenvalue weighted by molar-refractivity contribution is -0.122. The van der Waals surface area contributed by atoms with Gasteiger partial charge < -0.3 is 0 Å². The summed E-state index contributed by atoms with van der Waals surface area (Å²) in [4.78, 5) is 11.4. The third-order valence-corrected chi connectivity index (χ3v) is 3.16. The lowest BCUT2D eigenvalue weighted by Gasteiger charge is -2.11. The second-order valence-corrected chi connectivity index (χ2v) is 4.60. The number of carbonyl (C=O) groups is 1. The maximum atomic E-state index is 13.6. The van der Waals surface area contributed by atoms with Crippen LogP contribution in [0.15, 0.2) is 16.6 Å². The predicted octanol–water partition coefficient (Wildman–Crippen LogP) is 3.89. The van der Waals surface area contributed by atoms with Gasteiger partial charge in [-0.15, -0.1) is 0 Å². The van der Waals surface area contributed by atoms with E-state index in [1.165, 1.54) is 12.1 Å². The largest absolute Gasteiger partial charge is 0.299 e. The van der Waals surface area contributed by atoms with E-state index in [-0.39, 0.29) is 28.2 Å². The second-order valence-electron chi connectivity index (χ2n) is 3.75. The fourth-order valence-electron chi connectivity index (χ4n) is 1.52. The molecule has 0 aliphatic rings. The highest BCUT2D eigenvalue weighted by molar-refractivity contribution is 9.10. The Kier molecular flexibility index (Phi) is 4.59. The van der Waals surface area contributed by atoms with Gasteiger partial charge in [-0.2, -0.15) is 0 Å². The zero-order valence-electron chi connectivity index (χ0n) is 9.19. The van der Waals surface area contributed by atoms with Crippen molar-refractivity contribution in [3.63, 3.8) is 0 Å². The summed E-state index contributed by atoms with van der Waals surface area (Å²) in [5.74, 6) is -1.56. The fourth-order valence-corrected chi connectivity index (χ4v) is 1.90. The van der Waals surface area contributed by atoms with Crippen LogP contribution in [0, 0.1) is 17.6 Å². The standard InChI is InChI=1S/C12H13BrF2O/c1-3-11(16)7(2)6-8-10(14)5-4-9(13)12(8)15/h4-5,7H,3,6H2,1-2H3. The van der Waals surface area contributed by atoms with Gasteiger partial charge >= 0.3 is 0 Å². The summed E-state index contributed by atoms with van der Waals surface area (Å²) in [5.41, 5.74) is -0.0244. The molecule has 0 radical (unpaired) electrons. The Morgan fingerprint density at radius 3 is 2.62 bits per heavy atom. The van der Waals surface area contributed by atoms with Gasteiger partial charge in [0.2, 0.25) is 0 Å². The third-order valence-electron chi connectivity index (χ3n) is 2.55. The molecular weight excluding hydrogens is 278 g/mol. The molecule has 1 rings (SSSR count). The minimum absolute atomic E-state index is 0.0128. The van der Waals surface area contributed by atoms with E-state index in [4.69, 9.17) is 0 Å². The first kappa shape index (κ1) is 13.3. The Morgan fingerprint density at radius 1 is 1.44 bits per heavy atom. The number of carbonyl (C=O) groups excluding carboxylic acids is 1. The molecule has 0 amide bonds. The Hall–Kier alpha value is -0.770. The Morgan fingerprint density at radius 2 is 2.06 bits per heavy atom. The quantitative estimate of drug-likeness (QED) is 0.769. The van der Waals surface area contributed by atoms with Crippen LogP contribution >= 0.6 is 15.9 Å². The number of ketones is 1. The molecule has 1 nitrogen and oxygen atoms in total. The van der Waals surface area contributed by atoms with Crippen molar-refractivity contribution in [2.24, 2.45) is 5.92 Å². The molecule has 0 spiro atoms. The number of halogens is 3. The van der Waals surface area contributed by atoms with E-state index in [1.807, 2.05) is 0 Å². The van der Waals surface area contributed by atoms with Crippen LogP contribution in [0.4, 0.5) is 8.78 Å². The topological polar surface area (TPSA) is 17.1 Å². The fraction of sp³-hybridized carbons (Fsp3) is 0.417. The molecule has 88 valence electrons. The van der Waals surface area contributed by atoms with E-state index in [2.05, 4.69) is 15.9 Å². The van der Waals surface area contributed by atoms with Crippen molar-refractivity contribution in [2.45, 2.75) is 26.7 Å². The number of hydrogen-bond donors (Lipinski definition) is 0. The predicted molar refractivity (Wildman–Crippen MR) is 62.2 cm³/mol. The summed E-state index contributed by atoms with van der Waals surface area (Å²) in [6.45, 7) is 3.43. The zero-order valence-corrected chi connectivity index (χ0v) is 10.8. The smallest absolute Gasteiger partial charge is 0.143 e. The molecule has 0 fully saturated rings. The first-order chi connectivity index (χ1) is 7.47. The molecule has 1 aromatic carbocycles. The molecule has 0 saturated heterocycles. The monoisotopic (exact) mass is 290 g/mol. The second kappa shape index (κ2) is 5.53. The lowest BCUT2D eigenvalue weighted by Crippen LogP contribution is -2.14. The highest BCUT2D eigenvalue weighted by Gasteiger charge is 2.18. The van der Waals surface area contributed by atoms with Crippen molar-refractivity contribution < 1.29 is 13.6 Å². The summed E-state index contributed by atoms with van der Waals surface area (Å²) in [5, 5.41) is 0. The third kappa shape index (κ3) is 2.88. The van der Waals surface area contributed by atoms with Gasteiger partial charge in [0.1, 0.15) is 17.4 Å². The molecule has 0 aliphatic heterocycles. The Labute approximate surface area is 102 Å². The van der Waals surface area contributed by atoms with E-state index < -0.39 is 11.6 Å². The summed E-state index contributed by atoms with van der Waals surface area (Å²) in [6, 6.07) is 2.52. The zero-order chi connectivity index (χ0) is 12.3. The highest BCUT2D eigenvalue weighted by Crippen LogP contribution is 2.24. The van der Waals surface area contributed by atoms with Crippen LogP contribution in [0.3, 0.4) is 0 Å². The van der Waals surface area contributed by atoms with E-state index in [1.54, 1.807) is 13.8 Å². The van der Waals surface area contributed by atoms with Crippen LogP contribution in [-0.2, 0) is 11.2 Å². The van der Waals surface area contributed by atoms with Crippen LogP contribution in [0.5, 0.6) is 0 Å². The average molecular weight is 291 g/mol. The number of benzene rings is 1.